The lowest BCUT2D eigenvalue weighted by Gasteiger charge is -2.27. The highest BCUT2D eigenvalue weighted by Gasteiger charge is 2.23. The number of halogens is 1. The van der Waals surface area contributed by atoms with Crippen molar-refractivity contribution in [3.8, 4) is 17.0 Å². The van der Waals surface area contributed by atoms with E-state index in [1.54, 1.807) is 6.07 Å². The largest absolute Gasteiger partial charge is 0.507 e. The molecule has 24 heavy (non-hydrogen) atoms. The zero-order chi connectivity index (χ0) is 16.5. The molecule has 0 bridgehead atoms. The fourth-order valence-electron chi connectivity index (χ4n) is 3.22. The minimum Gasteiger partial charge on any atom is -0.507 e. The Morgan fingerprint density at radius 2 is 2.00 bits per heavy atom. The van der Waals surface area contributed by atoms with Crippen LogP contribution in [0.15, 0.2) is 53.0 Å². The molecule has 0 radical (unpaired) electrons. The Labute approximate surface area is 149 Å². The van der Waals surface area contributed by atoms with Crippen LogP contribution in [0.1, 0.15) is 16.8 Å². The number of phenols is 1. The predicted octanol–water partition coefficient (Wildman–Crippen LogP) is 4.10. The summed E-state index contributed by atoms with van der Waals surface area (Å²) in [6.07, 6.45) is 0.981. The van der Waals surface area contributed by atoms with Gasteiger partial charge in [-0.1, -0.05) is 30.3 Å². The van der Waals surface area contributed by atoms with Crippen LogP contribution in [0.25, 0.3) is 11.3 Å². The molecule has 0 spiro atoms. The van der Waals surface area contributed by atoms with Gasteiger partial charge in [-0.05, 0) is 39.7 Å². The van der Waals surface area contributed by atoms with Crippen molar-refractivity contribution >= 4 is 15.9 Å². The van der Waals surface area contributed by atoms with Crippen molar-refractivity contribution in [1.29, 1.82) is 0 Å². The maximum Gasteiger partial charge on any atom is 0.129 e. The fourth-order valence-corrected chi connectivity index (χ4v) is 3.60. The SMILES string of the molecule is Oc1ccc(-c2n[nH]c3c2CN(Cc2ccccc2)CC3)cc1Br. The molecule has 0 aliphatic carbocycles. The predicted molar refractivity (Wildman–Crippen MR) is 97.6 cm³/mol. The third-order valence-electron chi connectivity index (χ3n) is 4.48. The molecule has 2 N–H and O–H groups in total. The molecule has 122 valence electrons. The van der Waals surface area contributed by atoms with Gasteiger partial charge in [-0.15, -0.1) is 0 Å². The number of phenolic OH excluding ortho intramolecular Hbond substituents is 1. The molecular weight excluding hydrogens is 366 g/mol. The highest BCUT2D eigenvalue weighted by molar-refractivity contribution is 9.10. The van der Waals surface area contributed by atoms with Crippen molar-refractivity contribution in [2.45, 2.75) is 19.5 Å². The Hall–Kier alpha value is -2.11. The van der Waals surface area contributed by atoms with E-state index >= 15 is 0 Å². The maximum absolute atomic E-state index is 9.70. The van der Waals surface area contributed by atoms with E-state index in [2.05, 4.69) is 61.4 Å². The van der Waals surface area contributed by atoms with Gasteiger partial charge >= 0.3 is 0 Å². The zero-order valence-electron chi connectivity index (χ0n) is 13.2. The second-order valence-electron chi connectivity index (χ2n) is 6.14. The Morgan fingerprint density at radius 1 is 1.17 bits per heavy atom. The molecule has 4 nitrogen and oxygen atoms in total. The first-order valence-electron chi connectivity index (χ1n) is 8.02. The second kappa shape index (κ2) is 6.42. The number of rotatable bonds is 3. The minimum atomic E-state index is 0.244. The summed E-state index contributed by atoms with van der Waals surface area (Å²) in [5.41, 5.74) is 5.80. The van der Waals surface area contributed by atoms with Gasteiger partial charge in [-0.3, -0.25) is 10.00 Å². The van der Waals surface area contributed by atoms with E-state index in [-0.39, 0.29) is 5.75 Å². The molecule has 4 rings (SSSR count). The molecule has 0 saturated carbocycles. The van der Waals surface area contributed by atoms with Crippen LogP contribution < -0.4 is 0 Å². The van der Waals surface area contributed by atoms with E-state index in [0.717, 1.165) is 37.3 Å². The molecule has 3 aromatic rings. The van der Waals surface area contributed by atoms with Gasteiger partial charge in [-0.2, -0.15) is 5.10 Å². The number of aromatic nitrogens is 2. The lowest BCUT2D eigenvalue weighted by molar-refractivity contribution is 0.245. The summed E-state index contributed by atoms with van der Waals surface area (Å²) in [6.45, 7) is 2.86. The first-order valence-corrected chi connectivity index (χ1v) is 8.81. The summed E-state index contributed by atoms with van der Waals surface area (Å²) in [5, 5.41) is 17.4. The van der Waals surface area contributed by atoms with E-state index in [4.69, 9.17) is 0 Å². The van der Waals surface area contributed by atoms with Crippen LogP contribution in [-0.2, 0) is 19.5 Å². The van der Waals surface area contributed by atoms with E-state index in [0.29, 0.717) is 4.47 Å². The van der Waals surface area contributed by atoms with Crippen molar-refractivity contribution in [2.75, 3.05) is 6.54 Å². The highest BCUT2D eigenvalue weighted by Crippen LogP contribution is 2.33. The number of aromatic amines is 1. The van der Waals surface area contributed by atoms with Gasteiger partial charge < -0.3 is 5.11 Å². The molecule has 1 aliphatic rings. The van der Waals surface area contributed by atoms with Crippen LogP contribution >= 0.6 is 15.9 Å². The number of benzene rings is 2. The number of nitrogens with one attached hydrogen (secondary N) is 1. The van der Waals surface area contributed by atoms with Crippen molar-refractivity contribution in [3.05, 3.63) is 69.8 Å². The molecule has 2 aromatic carbocycles. The average Bonchev–Trinajstić information content (AvgIpc) is 3.01. The summed E-state index contributed by atoms with van der Waals surface area (Å²) in [4.78, 5) is 2.45. The Kier molecular flexibility index (Phi) is 4.12. The van der Waals surface area contributed by atoms with Gasteiger partial charge in [0, 0.05) is 42.9 Å². The number of fused-ring (bicyclic) bond motifs is 1. The normalized spacial score (nSPS) is 14.5. The van der Waals surface area contributed by atoms with Gasteiger partial charge in [0.05, 0.1) is 10.2 Å². The number of hydrogen-bond acceptors (Lipinski definition) is 3. The molecule has 1 aliphatic heterocycles. The molecule has 2 heterocycles. The van der Waals surface area contributed by atoms with Gasteiger partial charge in [0.2, 0.25) is 0 Å². The molecule has 0 unspecified atom stereocenters. The van der Waals surface area contributed by atoms with Crippen LogP contribution in [0.2, 0.25) is 0 Å². The van der Waals surface area contributed by atoms with Crippen LogP contribution in [0.4, 0.5) is 0 Å². The van der Waals surface area contributed by atoms with E-state index in [1.165, 1.54) is 16.8 Å². The average molecular weight is 384 g/mol. The van der Waals surface area contributed by atoms with Crippen LogP contribution in [-0.4, -0.2) is 26.7 Å². The summed E-state index contributed by atoms with van der Waals surface area (Å²) in [7, 11) is 0. The maximum atomic E-state index is 9.70. The summed E-state index contributed by atoms with van der Waals surface area (Å²) in [5.74, 6) is 0.244. The highest BCUT2D eigenvalue weighted by atomic mass is 79.9. The van der Waals surface area contributed by atoms with Crippen LogP contribution in [0, 0.1) is 0 Å². The third-order valence-corrected chi connectivity index (χ3v) is 5.12. The van der Waals surface area contributed by atoms with Gasteiger partial charge in [0.25, 0.3) is 0 Å². The smallest absolute Gasteiger partial charge is 0.129 e. The minimum absolute atomic E-state index is 0.244. The number of H-pyrrole nitrogens is 1. The molecular formula is C19H18BrN3O. The van der Waals surface area contributed by atoms with Crippen molar-refractivity contribution < 1.29 is 5.11 Å². The van der Waals surface area contributed by atoms with Gasteiger partial charge in [-0.25, -0.2) is 0 Å². The van der Waals surface area contributed by atoms with Crippen molar-refractivity contribution in [3.63, 3.8) is 0 Å². The first-order chi connectivity index (χ1) is 11.7. The Morgan fingerprint density at radius 3 is 2.79 bits per heavy atom. The Bertz CT molecular complexity index is 860. The summed E-state index contributed by atoms with van der Waals surface area (Å²) in [6, 6.07) is 16.1. The molecule has 5 heteroatoms. The van der Waals surface area contributed by atoms with Crippen LogP contribution in [0.5, 0.6) is 5.75 Å². The number of aromatic hydroxyl groups is 1. The molecule has 1 aromatic heterocycles. The first kappa shape index (κ1) is 15.4. The van der Waals surface area contributed by atoms with E-state index in [9.17, 15) is 5.11 Å². The van der Waals surface area contributed by atoms with Crippen molar-refractivity contribution in [2.24, 2.45) is 0 Å². The number of nitrogens with zero attached hydrogens (tertiary/aromatic N) is 2. The van der Waals surface area contributed by atoms with Gasteiger partial charge in [0.1, 0.15) is 5.75 Å². The number of hydrogen-bond donors (Lipinski definition) is 2. The second-order valence-corrected chi connectivity index (χ2v) is 7.00. The Balaban J connectivity index is 1.61. The van der Waals surface area contributed by atoms with Crippen molar-refractivity contribution in [1.82, 2.24) is 15.1 Å². The van der Waals surface area contributed by atoms with E-state index in [1.807, 2.05) is 12.1 Å². The molecule has 0 fully saturated rings. The van der Waals surface area contributed by atoms with E-state index < -0.39 is 0 Å². The molecule has 0 amide bonds. The zero-order valence-corrected chi connectivity index (χ0v) is 14.8. The lowest BCUT2D eigenvalue weighted by Crippen LogP contribution is -2.29. The molecule has 0 saturated heterocycles. The quantitative estimate of drug-likeness (QED) is 0.715. The topological polar surface area (TPSA) is 52.2 Å². The summed E-state index contributed by atoms with van der Waals surface area (Å²) < 4.78 is 0.689. The third kappa shape index (κ3) is 2.97. The molecule has 0 atom stereocenters. The van der Waals surface area contributed by atoms with Gasteiger partial charge in [0.15, 0.2) is 0 Å². The monoisotopic (exact) mass is 383 g/mol. The fraction of sp³-hybridized carbons (Fsp3) is 0.211. The van der Waals surface area contributed by atoms with Crippen LogP contribution in [0.3, 0.4) is 0 Å². The lowest BCUT2D eigenvalue weighted by atomic mass is 10.0. The standard InChI is InChI=1S/C19H18BrN3O/c20-16-10-14(6-7-18(16)24)19-15-12-23(9-8-17(15)21-22-19)11-13-4-2-1-3-5-13/h1-7,10,24H,8-9,11-12H2,(H,21,22). The summed E-state index contributed by atoms with van der Waals surface area (Å²) >= 11 is 3.39.